The number of aromatic nitrogens is 2. The summed E-state index contributed by atoms with van der Waals surface area (Å²) in [6.45, 7) is 4.52. The second kappa shape index (κ2) is 18.9. The number of amides is 2. The smallest absolute Gasteiger partial charge is 0.322 e. The van der Waals surface area contributed by atoms with E-state index in [2.05, 4.69) is 34.4 Å². The van der Waals surface area contributed by atoms with Crippen LogP contribution < -0.4 is 15.4 Å². The third-order valence-corrected chi connectivity index (χ3v) is 8.08. The van der Waals surface area contributed by atoms with Crippen LogP contribution in [0.25, 0.3) is 22.5 Å². The molecule has 9 heteroatoms. The first-order chi connectivity index (χ1) is 23.4. The Morgan fingerprint density at radius 2 is 1.35 bits per heavy atom. The molecular weight excluding hydrogens is 604 g/mol. The molecule has 9 nitrogen and oxygen atoms in total. The topological polar surface area (TPSA) is 131 Å². The van der Waals surface area contributed by atoms with Gasteiger partial charge in [-0.3, -0.25) is 14.4 Å². The van der Waals surface area contributed by atoms with Crippen molar-refractivity contribution < 1.29 is 24.2 Å². The molecule has 48 heavy (non-hydrogen) atoms. The number of nitrogens with zero attached hydrogens (tertiary/aromatic N) is 2. The van der Waals surface area contributed by atoms with Crippen LogP contribution in [0, 0.1) is 0 Å². The van der Waals surface area contributed by atoms with Crippen LogP contribution in [0.3, 0.4) is 0 Å². The van der Waals surface area contributed by atoms with Gasteiger partial charge in [-0.05, 0) is 60.2 Å². The molecule has 3 aromatic carbocycles. The summed E-state index contributed by atoms with van der Waals surface area (Å²) in [7, 11) is 0. The summed E-state index contributed by atoms with van der Waals surface area (Å²) in [5.74, 6) is -0.738. The molecule has 1 atom stereocenters. The SMILES string of the molecule is CCCCCCCOc1ccc(-c2cnc(-c3ccc(CC(NC(=O)c4ccc(CCCC)cc4)C(=O)NCC(=O)O)cc3)nc2)cc1. The first kappa shape index (κ1) is 35.8. The van der Waals surface area contributed by atoms with Gasteiger partial charge in [0.25, 0.3) is 5.91 Å². The Hall–Kier alpha value is -5.05. The average Bonchev–Trinajstić information content (AvgIpc) is 3.11. The molecular formula is C39H46N4O5. The summed E-state index contributed by atoms with van der Waals surface area (Å²) in [4.78, 5) is 46.2. The van der Waals surface area contributed by atoms with Gasteiger partial charge in [0.05, 0.1) is 6.61 Å². The molecule has 1 heterocycles. The molecule has 4 aromatic rings. The number of hydrogen-bond donors (Lipinski definition) is 3. The Morgan fingerprint density at radius 1 is 0.729 bits per heavy atom. The van der Waals surface area contributed by atoms with E-state index in [0.717, 1.165) is 65.9 Å². The highest BCUT2D eigenvalue weighted by Gasteiger charge is 2.22. The van der Waals surface area contributed by atoms with Gasteiger partial charge in [0, 0.05) is 35.5 Å². The lowest BCUT2D eigenvalue weighted by Gasteiger charge is -2.18. The van der Waals surface area contributed by atoms with Crippen LogP contribution in [-0.2, 0) is 22.4 Å². The number of aryl methyl sites for hydroxylation is 1. The van der Waals surface area contributed by atoms with Crippen molar-refractivity contribution in [3.63, 3.8) is 0 Å². The number of aliphatic carboxylic acids is 1. The van der Waals surface area contributed by atoms with Crippen LogP contribution in [0.5, 0.6) is 5.75 Å². The number of benzene rings is 3. The van der Waals surface area contributed by atoms with Crippen molar-refractivity contribution in [2.45, 2.75) is 77.7 Å². The Bertz CT molecular complexity index is 1590. The summed E-state index contributed by atoms with van der Waals surface area (Å²) in [5.41, 5.74) is 5.04. The summed E-state index contributed by atoms with van der Waals surface area (Å²) in [6.07, 6.45) is 12.8. The first-order valence-electron chi connectivity index (χ1n) is 16.9. The van der Waals surface area contributed by atoms with Crippen molar-refractivity contribution in [1.29, 1.82) is 0 Å². The number of hydrogen-bond acceptors (Lipinski definition) is 6. The molecule has 0 fully saturated rings. The van der Waals surface area contributed by atoms with E-state index in [0.29, 0.717) is 11.4 Å². The molecule has 0 aliphatic carbocycles. The molecule has 252 valence electrons. The average molecular weight is 651 g/mol. The zero-order chi connectivity index (χ0) is 34.1. The number of carbonyl (C=O) groups excluding carboxylic acids is 2. The second-order valence-electron chi connectivity index (χ2n) is 11.9. The quantitative estimate of drug-likeness (QED) is 0.0928. The summed E-state index contributed by atoms with van der Waals surface area (Å²) < 4.78 is 5.88. The normalized spacial score (nSPS) is 11.5. The highest BCUT2D eigenvalue weighted by atomic mass is 16.5. The molecule has 1 aromatic heterocycles. The fourth-order valence-corrected chi connectivity index (χ4v) is 5.23. The molecule has 3 N–H and O–H groups in total. The van der Waals surface area contributed by atoms with Crippen molar-refractivity contribution in [2.24, 2.45) is 0 Å². The molecule has 0 aliphatic heterocycles. The number of carboxylic acid groups (broad SMARTS) is 1. The number of ether oxygens (including phenoxy) is 1. The van der Waals surface area contributed by atoms with Crippen LogP contribution in [0.1, 0.15) is 80.3 Å². The summed E-state index contributed by atoms with van der Waals surface area (Å²) >= 11 is 0. The van der Waals surface area contributed by atoms with Gasteiger partial charge >= 0.3 is 5.97 Å². The zero-order valence-corrected chi connectivity index (χ0v) is 27.9. The molecule has 0 saturated carbocycles. The number of rotatable bonds is 19. The number of nitrogens with one attached hydrogen (secondary N) is 2. The van der Waals surface area contributed by atoms with Gasteiger partial charge in [-0.25, -0.2) is 9.97 Å². The molecule has 4 rings (SSSR count). The van der Waals surface area contributed by atoms with Gasteiger partial charge in [-0.2, -0.15) is 0 Å². The van der Waals surface area contributed by atoms with E-state index in [-0.39, 0.29) is 6.42 Å². The molecule has 0 bridgehead atoms. The fourth-order valence-electron chi connectivity index (χ4n) is 5.23. The van der Waals surface area contributed by atoms with Gasteiger partial charge in [0.15, 0.2) is 5.82 Å². The summed E-state index contributed by atoms with van der Waals surface area (Å²) in [5, 5.41) is 14.2. The van der Waals surface area contributed by atoms with E-state index >= 15 is 0 Å². The maximum Gasteiger partial charge on any atom is 0.322 e. The van der Waals surface area contributed by atoms with Gasteiger partial charge < -0.3 is 20.5 Å². The lowest BCUT2D eigenvalue weighted by molar-refractivity contribution is -0.138. The minimum atomic E-state index is -1.17. The highest BCUT2D eigenvalue weighted by Crippen LogP contribution is 2.24. The van der Waals surface area contributed by atoms with Gasteiger partial charge in [0.1, 0.15) is 18.3 Å². The molecule has 0 aliphatic rings. The second-order valence-corrected chi connectivity index (χ2v) is 11.9. The molecule has 0 radical (unpaired) electrons. The van der Waals surface area contributed by atoms with Crippen LogP contribution >= 0.6 is 0 Å². The van der Waals surface area contributed by atoms with E-state index in [4.69, 9.17) is 9.84 Å². The predicted molar refractivity (Wildman–Crippen MR) is 188 cm³/mol. The lowest BCUT2D eigenvalue weighted by Crippen LogP contribution is -2.49. The zero-order valence-electron chi connectivity index (χ0n) is 27.9. The largest absolute Gasteiger partial charge is 0.494 e. The van der Waals surface area contributed by atoms with Crippen LogP contribution in [0.2, 0.25) is 0 Å². The Morgan fingerprint density at radius 3 is 2.00 bits per heavy atom. The lowest BCUT2D eigenvalue weighted by atomic mass is 10.0. The predicted octanol–water partition coefficient (Wildman–Crippen LogP) is 7.04. The first-order valence-corrected chi connectivity index (χ1v) is 16.9. The van der Waals surface area contributed by atoms with Crippen LogP contribution in [0.4, 0.5) is 0 Å². The number of carbonyl (C=O) groups is 3. The minimum absolute atomic E-state index is 0.171. The molecule has 0 saturated heterocycles. The van der Waals surface area contributed by atoms with E-state index in [1.807, 2.05) is 60.7 Å². The van der Waals surface area contributed by atoms with E-state index < -0.39 is 30.4 Å². The molecule has 0 spiro atoms. The maximum absolute atomic E-state index is 13.1. The monoisotopic (exact) mass is 650 g/mol. The van der Waals surface area contributed by atoms with E-state index in [1.165, 1.54) is 25.7 Å². The van der Waals surface area contributed by atoms with Crippen molar-refractivity contribution in [2.75, 3.05) is 13.2 Å². The highest BCUT2D eigenvalue weighted by molar-refractivity contribution is 5.98. The Balaban J connectivity index is 1.36. The van der Waals surface area contributed by atoms with Gasteiger partial charge in [-0.1, -0.05) is 94.5 Å². The minimum Gasteiger partial charge on any atom is -0.494 e. The van der Waals surface area contributed by atoms with Crippen molar-refractivity contribution in [3.05, 3.63) is 102 Å². The third kappa shape index (κ3) is 11.3. The maximum atomic E-state index is 13.1. The molecule has 1 unspecified atom stereocenters. The van der Waals surface area contributed by atoms with Crippen LogP contribution in [0.15, 0.2) is 85.2 Å². The van der Waals surface area contributed by atoms with Crippen molar-refractivity contribution >= 4 is 17.8 Å². The number of unbranched alkanes of at least 4 members (excludes halogenated alkanes) is 5. The fraction of sp³-hybridized carbons (Fsp3) is 0.359. The third-order valence-electron chi connectivity index (χ3n) is 8.08. The Kier molecular flexibility index (Phi) is 14.1. The number of carboxylic acids is 1. The van der Waals surface area contributed by atoms with Crippen molar-refractivity contribution in [1.82, 2.24) is 20.6 Å². The van der Waals surface area contributed by atoms with Crippen LogP contribution in [-0.4, -0.2) is 52.1 Å². The Labute approximate surface area is 283 Å². The summed E-state index contributed by atoms with van der Waals surface area (Å²) in [6, 6.07) is 21.7. The van der Waals surface area contributed by atoms with E-state index in [1.54, 1.807) is 24.5 Å². The standard InChI is InChI=1S/C39H46N4O5/c1-3-5-7-8-9-23-48-34-21-19-30(20-22-34)33-25-40-37(41-26-33)31-15-13-29(14-16-31)24-35(39(47)42-27-36(44)45)43-38(46)32-17-11-28(12-18-32)10-6-4-2/h11-22,25-26,35H,3-10,23-24,27H2,1-2H3,(H,42,47)(H,43,46)(H,44,45). The van der Waals surface area contributed by atoms with Gasteiger partial charge in [-0.15, -0.1) is 0 Å². The van der Waals surface area contributed by atoms with Crippen molar-refractivity contribution in [3.8, 4) is 28.3 Å². The molecule has 2 amide bonds. The van der Waals surface area contributed by atoms with E-state index in [9.17, 15) is 14.4 Å². The van der Waals surface area contributed by atoms with Gasteiger partial charge in [0.2, 0.25) is 5.91 Å².